The topological polar surface area (TPSA) is 87.8 Å². The van der Waals surface area contributed by atoms with E-state index in [9.17, 15) is 15.2 Å². The molecule has 1 rings (SSSR count). The lowest BCUT2D eigenvalue weighted by Gasteiger charge is -2.12. The average molecular weight is 576 g/mol. The van der Waals surface area contributed by atoms with Crippen molar-refractivity contribution in [1.29, 1.82) is 0 Å². The lowest BCUT2D eigenvalue weighted by atomic mass is 10.0. The summed E-state index contributed by atoms with van der Waals surface area (Å²) in [5, 5.41) is 31.4. The van der Waals surface area contributed by atoms with Crippen LogP contribution in [-0.4, -0.2) is 17.1 Å². The molecule has 0 aromatic heterocycles. The molecule has 0 amide bonds. The number of hydrogen-bond donors (Lipinski definition) is 0. The van der Waals surface area contributed by atoms with Crippen LogP contribution in [0.15, 0.2) is 31.3 Å². The van der Waals surface area contributed by atoms with Gasteiger partial charge in [0.15, 0.2) is 0 Å². The van der Waals surface area contributed by atoms with Gasteiger partial charge in [-0.15, -0.1) is 0 Å². The number of non-ortho nitro benzene ring substituents is 1. The van der Waals surface area contributed by atoms with Crippen molar-refractivity contribution in [2.45, 2.75) is 116 Å². The van der Waals surface area contributed by atoms with Crippen LogP contribution in [0.4, 0.5) is 11.4 Å². The smallest absolute Gasteiger partial charge is 0.258 e. The Morgan fingerprint density at radius 1 is 0.906 bits per heavy atom. The van der Waals surface area contributed by atoms with Crippen molar-refractivity contribution in [3.05, 3.63) is 31.2 Å². The number of benzene rings is 1. The molecule has 1 radical (unpaired) electrons. The fraction of sp³-hybridized carbons (Fsp3) is 0.750. The monoisotopic (exact) mass is 574 g/mol. The van der Waals surface area contributed by atoms with Crippen LogP contribution in [0.3, 0.4) is 0 Å². The number of halogens is 2. The summed E-state index contributed by atoms with van der Waals surface area (Å²) in [5.41, 5.74) is 0.484. The quantitative estimate of drug-likeness (QED) is 0.0754. The highest BCUT2D eigenvalue weighted by Gasteiger charge is 2.16. The molecule has 0 saturated heterocycles. The summed E-state index contributed by atoms with van der Waals surface area (Å²) in [6, 6.07) is 2.70. The molecule has 1 aromatic rings. The summed E-state index contributed by atoms with van der Waals surface area (Å²) in [6.45, 7) is 3.91. The van der Waals surface area contributed by atoms with Crippen LogP contribution in [0.25, 0.3) is 0 Å². The van der Waals surface area contributed by atoms with Crippen molar-refractivity contribution < 1.29 is 10.0 Å². The van der Waals surface area contributed by atoms with E-state index in [1.54, 1.807) is 6.92 Å². The lowest BCUT2D eigenvalue weighted by molar-refractivity contribution is -0.385. The first-order valence-electron chi connectivity index (χ1n) is 12.0. The summed E-state index contributed by atoms with van der Waals surface area (Å²) in [6.07, 6.45) is 16.1. The molecule has 181 valence electrons. The second-order valence-electron chi connectivity index (χ2n) is 8.61. The normalized spacial score (nSPS) is 13.5. The largest absolute Gasteiger partial charge is 0.271 e. The van der Waals surface area contributed by atoms with Gasteiger partial charge in [0.2, 0.25) is 0 Å². The van der Waals surface area contributed by atoms with E-state index in [0.29, 0.717) is 21.1 Å². The van der Waals surface area contributed by atoms with Crippen LogP contribution in [0.5, 0.6) is 0 Å². The van der Waals surface area contributed by atoms with Gasteiger partial charge in [0.25, 0.3) is 5.69 Å². The van der Waals surface area contributed by atoms with Gasteiger partial charge < -0.3 is 0 Å². The molecule has 2 atom stereocenters. The van der Waals surface area contributed by atoms with Gasteiger partial charge in [0.05, 0.1) is 26.0 Å². The molecule has 0 N–H and O–H groups in total. The lowest BCUT2D eigenvalue weighted by Crippen LogP contribution is -2.12. The van der Waals surface area contributed by atoms with Crippen molar-refractivity contribution in [2.24, 2.45) is 10.2 Å². The Balaban J connectivity index is 2.37. The highest BCUT2D eigenvalue weighted by Crippen LogP contribution is 2.38. The molecule has 0 spiro atoms. The number of nitrogens with zero attached hydrogens (tertiary/aromatic N) is 3. The van der Waals surface area contributed by atoms with Crippen LogP contribution in [0.2, 0.25) is 0 Å². The van der Waals surface area contributed by atoms with Crippen molar-refractivity contribution in [2.75, 3.05) is 0 Å². The highest BCUT2D eigenvalue weighted by molar-refractivity contribution is 9.11. The van der Waals surface area contributed by atoms with Gasteiger partial charge >= 0.3 is 0 Å². The molecule has 0 aliphatic heterocycles. The SMILES string of the molecule is CCCCCCCCCCCCCCC(CC(C)[O])N=Nc1c(Br)cc([N+](=O)[O-])cc1Br. The molecule has 0 saturated carbocycles. The Morgan fingerprint density at radius 3 is 1.81 bits per heavy atom. The van der Waals surface area contributed by atoms with Gasteiger partial charge in [-0.25, -0.2) is 5.11 Å². The Kier molecular flexibility index (Phi) is 16.0. The Morgan fingerprint density at radius 2 is 1.38 bits per heavy atom. The maximum Gasteiger partial charge on any atom is 0.271 e. The molecule has 1 aromatic carbocycles. The maximum absolute atomic E-state index is 11.7. The fourth-order valence-electron chi connectivity index (χ4n) is 3.72. The molecule has 0 aliphatic rings. The van der Waals surface area contributed by atoms with E-state index < -0.39 is 11.0 Å². The number of unbranched alkanes of at least 4 members (excludes halogenated alkanes) is 11. The van der Waals surface area contributed by atoms with Crippen LogP contribution in [-0.2, 0) is 5.11 Å². The molecule has 0 fully saturated rings. The minimum Gasteiger partial charge on any atom is -0.258 e. The molecule has 8 heteroatoms. The summed E-state index contributed by atoms with van der Waals surface area (Å²) in [4.78, 5) is 10.5. The average Bonchev–Trinajstić information content (AvgIpc) is 2.73. The number of rotatable bonds is 18. The molecule has 0 aliphatic carbocycles. The predicted octanol–water partition coefficient (Wildman–Crippen LogP) is 9.87. The third-order valence-electron chi connectivity index (χ3n) is 5.53. The number of nitro groups is 1. The van der Waals surface area contributed by atoms with E-state index in [1.807, 2.05) is 0 Å². The predicted molar refractivity (Wildman–Crippen MR) is 137 cm³/mol. The van der Waals surface area contributed by atoms with Crippen molar-refractivity contribution in [3.63, 3.8) is 0 Å². The first-order valence-corrected chi connectivity index (χ1v) is 13.6. The first kappa shape index (κ1) is 29.2. The Labute approximate surface area is 210 Å². The summed E-state index contributed by atoms with van der Waals surface area (Å²) in [7, 11) is 0. The first-order chi connectivity index (χ1) is 15.3. The van der Waals surface area contributed by atoms with E-state index in [4.69, 9.17) is 0 Å². The zero-order valence-corrected chi connectivity index (χ0v) is 22.7. The number of azo groups is 1. The molecular formula is C24H38Br2N3O3. The van der Waals surface area contributed by atoms with E-state index in [1.165, 1.54) is 76.3 Å². The van der Waals surface area contributed by atoms with Gasteiger partial charge in [0.1, 0.15) is 5.69 Å². The second-order valence-corrected chi connectivity index (χ2v) is 10.3. The van der Waals surface area contributed by atoms with Gasteiger partial charge in [-0.3, -0.25) is 10.1 Å². The van der Waals surface area contributed by atoms with Crippen LogP contribution in [0.1, 0.15) is 104 Å². The van der Waals surface area contributed by atoms with Crippen LogP contribution < -0.4 is 0 Å². The van der Waals surface area contributed by atoms with E-state index in [-0.39, 0.29) is 11.7 Å². The van der Waals surface area contributed by atoms with Crippen LogP contribution >= 0.6 is 31.9 Å². The second kappa shape index (κ2) is 17.6. The van der Waals surface area contributed by atoms with Gasteiger partial charge in [-0.2, -0.15) is 10.2 Å². The van der Waals surface area contributed by atoms with Crippen molar-refractivity contribution >= 4 is 43.2 Å². The molecule has 0 bridgehead atoms. The third-order valence-corrected chi connectivity index (χ3v) is 6.74. The Bertz CT molecular complexity index is 676. The molecule has 2 unspecified atom stereocenters. The van der Waals surface area contributed by atoms with E-state index in [0.717, 1.165) is 19.3 Å². The van der Waals surface area contributed by atoms with E-state index >= 15 is 0 Å². The standard InChI is InChI=1S/C24H38Br2N3O3/c1-3-4-5-6-7-8-9-10-11-12-13-14-15-20(16-19(2)30)27-28-24-22(25)17-21(29(31)32)18-23(24)26/h17-20H,3-16H2,1-2H3. The van der Waals surface area contributed by atoms with Crippen molar-refractivity contribution in [1.82, 2.24) is 0 Å². The van der Waals surface area contributed by atoms with Gasteiger partial charge in [0, 0.05) is 18.6 Å². The maximum atomic E-state index is 11.7. The molecule has 32 heavy (non-hydrogen) atoms. The molecule has 6 nitrogen and oxygen atoms in total. The highest BCUT2D eigenvalue weighted by atomic mass is 79.9. The number of hydrogen-bond acceptors (Lipinski definition) is 4. The van der Waals surface area contributed by atoms with Gasteiger partial charge in [-0.05, 0) is 45.2 Å². The minimum absolute atomic E-state index is 0.0241. The summed E-state index contributed by atoms with van der Waals surface area (Å²) >= 11 is 6.66. The third kappa shape index (κ3) is 13.0. The number of nitro benzene ring substituents is 1. The molecular weight excluding hydrogens is 538 g/mol. The minimum atomic E-state index is -0.694. The summed E-state index contributed by atoms with van der Waals surface area (Å²) < 4.78 is 1.00. The van der Waals surface area contributed by atoms with E-state index in [2.05, 4.69) is 49.0 Å². The zero-order chi connectivity index (χ0) is 23.8. The Hall–Kier alpha value is -0.860. The van der Waals surface area contributed by atoms with Gasteiger partial charge in [-0.1, -0.05) is 84.0 Å². The van der Waals surface area contributed by atoms with Crippen LogP contribution in [0, 0.1) is 10.1 Å². The van der Waals surface area contributed by atoms with Crippen molar-refractivity contribution in [3.8, 4) is 0 Å². The summed E-state index contributed by atoms with van der Waals surface area (Å²) in [5.74, 6) is 0. The molecule has 0 heterocycles. The zero-order valence-electron chi connectivity index (χ0n) is 19.5. The fourth-order valence-corrected chi connectivity index (χ4v) is 5.04.